The Kier molecular flexibility index (Phi) is 4.29. The maximum absolute atomic E-state index is 11.7. The van der Waals surface area contributed by atoms with Gasteiger partial charge in [0.25, 0.3) is 0 Å². The zero-order chi connectivity index (χ0) is 11.4. The van der Waals surface area contributed by atoms with Crippen LogP contribution in [0.25, 0.3) is 0 Å². The van der Waals surface area contributed by atoms with Crippen molar-refractivity contribution in [2.24, 2.45) is 5.73 Å². The molecule has 2 atom stereocenters. The molecule has 0 aliphatic carbocycles. The molecule has 2 N–H and O–H groups in total. The number of hydrogen-bond donors (Lipinski definition) is 1. The molecular weight excluding hydrogens is 234 g/mol. The van der Waals surface area contributed by atoms with Crippen LogP contribution < -0.4 is 5.73 Å². The minimum atomic E-state index is -1.32. The molecule has 0 spiro atoms. The van der Waals surface area contributed by atoms with Crippen LogP contribution in [0.2, 0.25) is 5.02 Å². The number of hydrogen-bond acceptors (Lipinski definition) is 2. The molecule has 0 aliphatic heterocycles. The van der Waals surface area contributed by atoms with Gasteiger partial charge in [0.2, 0.25) is 5.91 Å². The van der Waals surface area contributed by atoms with E-state index in [4.69, 9.17) is 17.3 Å². The molecule has 82 valence electrons. The van der Waals surface area contributed by atoms with Crippen LogP contribution in [0.1, 0.15) is 12.5 Å². The highest BCUT2D eigenvalue weighted by molar-refractivity contribution is 7.85. The minimum Gasteiger partial charge on any atom is -0.369 e. The van der Waals surface area contributed by atoms with Crippen molar-refractivity contribution in [3.8, 4) is 0 Å². The standard InChI is InChI=1S/C10H12ClNO2S/c1-7(10(12)13)15(14)6-8-4-2-3-5-9(8)11/h2-5,7H,6H2,1H3,(H2,12,13)/t7-,15+/m0/s1. The van der Waals surface area contributed by atoms with E-state index in [1.54, 1.807) is 25.1 Å². The lowest BCUT2D eigenvalue weighted by Crippen LogP contribution is -2.30. The van der Waals surface area contributed by atoms with E-state index in [0.717, 1.165) is 5.56 Å². The van der Waals surface area contributed by atoms with Gasteiger partial charge < -0.3 is 5.73 Å². The van der Waals surface area contributed by atoms with Crippen LogP contribution in [-0.2, 0) is 21.3 Å². The van der Waals surface area contributed by atoms with Gasteiger partial charge >= 0.3 is 0 Å². The largest absolute Gasteiger partial charge is 0.369 e. The summed E-state index contributed by atoms with van der Waals surface area (Å²) in [5.41, 5.74) is 5.83. The first kappa shape index (κ1) is 12.2. The Hall–Kier alpha value is -0.870. The fraction of sp³-hybridized carbons (Fsp3) is 0.300. The molecule has 0 heterocycles. The van der Waals surface area contributed by atoms with Gasteiger partial charge in [0.15, 0.2) is 0 Å². The summed E-state index contributed by atoms with van der Waals surface area (Å²) in [5, 5.41) is -0.0937. The van der Waals surface area contributed by atoms with E-state index in [2.05, 4.69) is 0 Å². The molecule has 1 rings (SSSR count). The number of halogens is 1. The highest BCUT2D eigenvalue weighted by Gasteiger charge is 2.17. The second kappa shape index (κ2) is 5.28. The van der Waals surface area contributed by atoms with Gasteiger partial charge in [-0.25, -0.2) is 0 Å². The van der Waals surface area contributed by atoms with Crippen LogP contribution in [0, 0.1) is 0 Å². The summed E-state index contributed by atoms with van der Waals surface area (Å²) >= 11 is 5.90. The first-order chi connectivity index (χ1) is 7.02. The molecule has 0 unspecified atom stereocenters. The predicted octanol–water partition coefficient (Wildman–Crippen LogP) is 1.46. The Morgan fingerprint density at radius 3 is 2.67 bits per heavy atom. The van der Waals surface area contributed by atoms with Crippen molar-refractivity contribution >= 4 is 28.3 Å². The monoisotopic (exact) mass is 245 g/mol. The third-order valence-electron chi connectivity index (χ3n) is 2.05. The van der Waals surface area contributed by atoms with Gasteiger partial charge in [-0.15, -0.1) is 0 Å². The molecule has 5 heteroatoms. The van der Waals surface area contributed by atoms with Crippen molar-refractivity contribution in [2.45, 2.75) is 17.9 Å². The van der Waals surface area contributed by atoms with Gasteiger partial charge in [-0.1, -0.05) is 29.8 Å². The molecule has 0 aliphatic rings. The minimum absolute atomic E-state index is 0.254. The van der Waals surface area contributed by atoms with Crippen molar-refractivity contribution in [2.75, 3.05) is 0 Å². The lowest BCUT2D eigenvalue weighted by molar-refractivity contribution is -0.117. The first-order valence-corrected chi connectivity index (χ1v) is 6.18. The quantitative estimate of drug-likeness (QED) is 0.873. The van der Waals surface area contributed by atoms with E-state index >= 15 is 0 Å². The zero-order valence-corrected chi connectivity index (χ0v) is 9.85. The molecular formula is C10H12ClNO2S. The third kappa shape index (κ3) is 3.32. The van der Waals surface area contributed by atoms with Crippen LogP contribution in [0.4, 0.5) is 0 Å². The van der Waals surface area contributed by atoms with Crippen molar-refractivity contribution in [3.05, 3.63) is 34.9 Å². The van der Waals surface area contributed by atoms with Gasteiger partial charge in [-0.05, 0) is 18.6 Å². The number of carbonyl (C=O) groups excluding carboxylic acids is 1. The van der Waals surface area contributed by atoms with Crippen molar-refractivity contribution in [1.82, 2.24) is 0 Å². The smallest absolute Gasteiger partial charge is 0.232 e. The van der Waals surface area contributed by atoms with E-state index in [0.29, 0.717) is 5.02 Å². The molecule has 0 aromatic heterocycles. The molecule has 0 saturated heterocycles. The van der Waals surface area contributed by atoms with Crippen molar-refractivity contribution < 1.29 is 9.00 Å². The van der Waals surface area contributed by atoms with Crippen molar-refractivity contribution in [3.63, 3.8) is 0 Å². The summed E-state index contributed by atoms with van der Waals surface area (Å²) in [4.78, 5) is 10.8. The van der Waals surface area contributed by atoms with Crippen LogP contribution in [0.3, 0.4) is 0 Å². The summed E-state index contributed by atoms with van der Waals surface area (Å²) in [6.45, 7) is 1.55. The average molecular weight is 246 g/mol. The van der Waals surface area contributed by atoms with E-state index in [1.807, 2.05) is 6.07 Å². The maximum Gasteiger partial charge on any atom is 0.232 e. The van der Waals surface area contributed by atoms with Crippen molar-refractivity contribution in [1.29, 1.82) is 0 Å². The second-order valence-electron chi connectivity index (χ2n) is 3.16. The lowest BCUT2D eigenvalue weighted by Gasteiger charge is -2.08. The summed E-state index contributed by atoms with van der Waals surface area (Å²) in [6.07, 6.45) is 0. The highest BCUT2D eigenvalue weighted by atomic mass is 35.5. The second-order valence-corrected chi connectivity index (χ2v) is 5.33. The Labute approximate surface area is 96.1 Å². The van der Waals surface area contributed by atoms with Gasteiger partial charge in [-0.3, -0.25) is 9.00 Å². The maximum atomic E-state index is 11.7. The molecule has 1 aromatic carbocycles. The van der Waals surface area contributed by atoms with Crippen LogP contribution in [0.15, 0.2) is 24.3 Å². The first-order valence-electron chi connectivity index (χ1n) is 4.42. The molecule has 1 aromatic rings. The van der Waals surface area contributed by atoms with Crippen LogP contribution >= 0.6 is 11.6 Å². The number of benzene rings is 1. The summed E-state index contributed by atoms with van der Waals surface area (Å²) in [7, 11) is -1.32. The van der Waals surface area contributed by atoms with Gasteiger partial charge in [-0.2, -0.15) is 0 Å². The number of rotatable bonds is 4. The highest BCUT2D eigenvalue weighted by Crippen LogP contribution is 2.17. The number of primary amides is 1. The predicted molar refractivity (Wildman–Crippen MR) is 62.0 cm³/mol. The molecule has 0 bridgehead atoms. The zero-order valence-electron chi connectivity index (χ0n) is 8.27. The Morgan fingerprint density at radius 1 is 1.53 bits per heavy atom. The van der Waals surface area contributed by atoms with E-state index < -0.39 is 22.0 Å². The van der Waals surface area contributed by atoms with Gasteiger partial charge in [0.1, 0.15) is 5.25 Å². The average Bonchev–Trinajstić information content (AvgIpc) is 2.20. The van der Waals surface area contributed by atoms with E-state index in [1.165, 1.54) is 0 Å². The normalized spacial score (nSPS) is 14.5. The number of nitrogens with two attached hydrogens (primary N) is 1. The summed E-state index contributed by atoms with van der Waals surface area (Å²) < 4.78 is 11.7. The Morgan fingerprint density at radius 2 is 2.13 bits per heavy atom. The summed E-state index contributed by atoms with van der Waals surface area (Å²) in [5.74, 6) is -0.301. The van der Waals surface area contributed by atoms with Gasteiger partial charge in [0, 0.05) is 15.8 Å². The Bertz CT molecular complexity index is 395. The lowest BCUT2D eigenvalue weighted by atomic mass is 10.2. The molecule has 3 nitrogen and oxygen atoms in total. The van der Waals surface area contributed by atoms with E-state index in [9.17, 15) is 9.00 Å². The fourth-order valence-corrected chi connectivity index (χ4v) is 2.37. The Balaban J connectivity index is 2.75. The van der Waals surface area contributed by atoms with E-state index in [-0.39, 0.29) is 5.75 Å². The van der Waals surface area contributed by atoms with Crippen LogP contribution in [-0.4, -0.2) is 15.4 Å². The number of amides is 1. The molecule has 0 fully saturated rings. The topological polar surface area (TPSA) is 60.2 Å². The van der Waals surface area contributed by atoms with Gasteiger partial charge in [0.05, 0.1) is 5.75 Å². The third-order valence-corrected chi connectivity index (χ3v) is 4.04. The molecule has 0 saturated carbocycles. The summed E-state index contributed by atoms with van der Waals surface area (Å²) in [6, 6.07) is 7.12. The molecule has 0 radical (unpaired) electrons. The number of carbonyl (C=O) groups is 1. The molecule has 1 amide bonds. The molecule has 15 heavy (non-hydrogen) atoms. The fourth-order valence-electron chi connectivity index (χ4n) is 1.02. The SMILES string of the molecule is C[C@@H](C(N)=O)[S@](=O)Cc1ccccc1Cl. The van der Waals surface area contributed by atoms with Crippen LogP contribution in [0.5, 0.6) is 0 Å².